The summed E-state index contributed by atoms with van der Waals surface area (Å²) in [4.78, 5) is 23.8. The molecule has 1 aromatic heterocycles. The molecule has 0 radical (unpaired) electrons. The van der Waals surface area contributed by atoms with Gasteiger partial charge in [-0.25, -0.2) is 4.79 Å². The molecule has 31 heavy (non-hydrogen) atoms. The summed E-state index contributed by atoms with van der Waals surface area (Å²) in [7, 11) is 1.44. The quantitative estimate of drug-likeness (QED) is 0.519. The smallest absolute Gasteiger partial charge is 0.321 e. The highest BCUT2D eigenvalue weighted by molar-refractivity contribution is 8.00. The minimum absolute atomic E-state index is 0.440. The Bertz CT molecular complexity index is 1070. The zero-order chi connectivity index (χ0) is 22.4. The van der Waals surface area contributed by atoms with Crippen molar-refractivity contribution in [3.8, 4) is 22.8 Å². The second kappa shape index (κ2) is 10.3. The summed E-state index contributed by atoms with van der Waals surface area (Å²) >= 11 is 7.59. The van der Waals surface area contributed by atoms with E-state index < -0.39 is 17.2 Å². The van der Waals surface area contributed by atoms with Gasteiger partial charge in [0.1, 0.15) is 5.75 Å². The van der Waals surface area contributed by atoms with E-state index >= 15 is 0 Å². The molecule has 8 nitrogen and oxygen atoms in total. The van der Waals surface area contributed by atoms with E-state index in [-0.39, 0.29) is 0 Å². The largest absolute Gasteiger partial charge is 0.494 e. The van der Waals surface area contributed by atoms with Crippen molar-refractivity contribution in [3.05, 3.63) is 53.6 Å². The number of urea groups is 1. The van der Waals surface area contributed by atoms with E-state index in [0.29, 0.717) is 28.2 Å². The Hall–Kier alpha value is -3.04. The van der Waals surface area contributed by atoms with Gasteiger partial charge in [-0.15, -0.1) is 10.2 Å². The highest BCUT2D eigenvalue weighted by atomic mass is 35.5. The van der Waals surface area contributed by atoms with E-state index in [1.807, 2.05) is 54.0 Å². The summed E-state index contributed by atoms with van der Waals surface area (Å²) in [6.45, 7) is 4.18. The maximum absolute atomic E-state index is 12.3. The van der Waals surface area contributed by atoms with Crippen molar-refractivity contribution in [3.63, 3.8) is 0 Å². The summed E-state index contributed by atoms with van der Waals surface area (Å²) in [5.41, 5.74) is 1.49. The molecule has 3 amide bonds. The predicted octanol–water partition coefficient (Wildman–Crippen LogP) is 3.92. The number of halogens is 1. The Balaban J connectivity index is 2.01. The van der Waals surface area contributed by atoms with Gasteiger partial charge in [0.15, 0.2) is 11.0 Å². The van der Waals surface area contributed by atoms with Crippen LogP contribution in [0.2, 0.25) is 5.02 Å². The van der Waals surface area contributed by atoms with Gasteiger partial charge in [-0.2, -0.15) is 0 Å². The lowest BCUT2D eigenvalue weighted by Gasteiger charge is -2.14. The number of imide groups is 1. The maximum Gasteiger partial charge on any atom is 0.321 e. The molecule has 0 aliphatic carbocycles. The second-order valence-corrected chi connectivity index (χ2v) is 8.09. The first kappa shape index (κ1) is 22.6. The number of carbonyl (C=O) groups is 2. The monoisotopic (exact) mass is 459 g/mol. The number of aromatic nitrogens is 3. The molecule has 10 heteroatoms. The van der Waals surface area contributed by atoms with Crippen LogP contribution < -0.4 is 15.4 Å². The minimum atomic E-state index is -0.595. The fourth-order valence-corrected chi connectivity index (χ4v) is 3.83. The van der Waals surface area contributed by atoms with E-state index in [0.717, 1.165) is 11.4 Å². The molecular weight excluding hydrogens is 438 g/mol. The summed E-state index contributed by atoms with van der Waals surface area (Å²) in [6.07, 6.45) is 0. The van der Waals surface area contributed by atoms with Gasteiger partial charge in [0.2, 0.25) is 5.91 Å². The summed E-state index contributed by atoms with van der Waals surface area (Å²) < 4.78 is 7.35. The number of amides is 3. The molecule has 0 unspecified atom stereocenters. The third-order valence-electron chi connectivity index (χ3n) is 4.27. The van der Waals surface area contributed by atoms with E-state index in [1.165, 1.54) is 18.8 Å². The van der Waals surface area contributed by atoms with Crippen molar-refractivity contribution < 1.29 is 14.3 Å². The van der Waals surface area contributed by atoms with Gasteiger partial charge < -0.3 is 10.1 Å². The zero-order valence-corrected chi connectivity index (χ0v) is 18.8. The SMILES string of the molecule is CCOc1ccc(-n2c(S[C@H](C)C(=O)NC(=O)NC)nnc2-c2ccccc2Cl)cc1. The molecule has 0 saturated carbocycles. The van der Waals surface area contributed by atoms with Crippen molar-refractivity contribution in [2.24, 2.45) is 0 Å². The molecule has 2 N–H and O–H groups in total. The highest BCUT2D eigenvalue weighted by Gasteiger charge is 2.23. The van der Waals surface area contributed by atoms with Gasteiger partial charge >= 0.3 is 6.03 Å². The molecule has 0 bridgehead atoms. The number of carbonyl (C=O) groups excluding carboxylic acids is 2. The molecule has 2 aromatic carbocycles. The van der Waals surface area contributed by atoms with Crippen LogP contribution >= 0.6 is 23.4 Å². The van der Waals surface area contributed by atoms with Gasteiger partial charge in [-0.1, -0.05) is 35.5 Å². The fourth-order valence-electron chi connectivity index (χ4n) is 2.74. The number of hydrogen-bond acceptors (Lipinski definition) is 6. The number of rotatable bonds is 7. The van der Waals surface area contributed by atoms with Gasteiger partial charge in [0.05, 0.1) is 16.9 Å². The van der Waals surface area contributed by atoms with Crippen LogP contribution in [0.4, 0.5) is 4.79 Å². The van der Waals surface area contributed by atoms with Gasteiger partial charge in [0, 0.05) is 18.3 Å². The Labute approximate surface area is 189 Å². The normalized spacial score (nSPS) is 11.6. The molecule has 0 fully saturated rings. The molecule has 1 heterocycles. The van der Waals surface area contributed by atoms with Crippen molar-refractivity contribution in [2.75, 3.05) is 13.7 Å². The lowest BCUT2D eigenvalue weighted by atomic mass is 10.2. The number of ether oxygens (including phenoxy) is 1. The molecule has 0 spiro atoms. The predicted molar refractivity (Wildman–Crippen MR) is 121 cm³/mol. The molecule has 162 valence electrons. The van der Waals surface area contributed by atoms with Crippen LogP contribution in [0.25, 0.3) is 17.1 Å². The third-order valence-corrected chi connectivity index (χ3v) is 5.64. The maximum atomic E-state index is 12.3. The van der Waals surface area contributed by atoms with Gasteiger partial charge in [-0.3, -0.25) is 14.7 Å². The molecule has 0 saturated heterocycles. The van der Waals surface area contributed by atoms with E-state index in [2.05, 4.69) is 20.8 Å². The topological polar surface area (TPSA) is 98.1 Å². The van der Waals surface area contributed by atoms with Crippen LogP contribution in [0.1, 0.15) is 13.8 Å². The van der Waals surface area contributed by atoms with E-state index in [4.69, 9.17) is 16.3 Å². The van der Waals surface area contributed by atoms with Crippen LogP contribution in [0.5, 0.6) is 5.75 Å². The van der Waals surface area contributed by atoms with Crippen molar-refractivity contribution >= 4 is 35.3 Å². The Morgan fingerprint density at radius 2 is 1.87 bits per heavy atom. The molecule has 3 aromatic rings. The first-order valence-corrected chi connectivity index (χ1v) is 10.8. The third kappa shape index (κ3) is 5.36. The number of nitrogens with zero attached hydrogens (tertiary/aromatic N) is 3. The van der Waals surface area contributed by atoms with Gasteiger partial charge in [-0.05, 0) is 50.2 Å². The Kier molecular flexibility index (Phi) is 7.54. The average molecular weight is 460 g/mol. The standard InChI is InChI=1S/C21H22ClN5O3S/c1-4-30-15-11-9-14(10-12-15)27-18(16-7-5-6-8-17(16)22)25-26-21(27)31-13(2)19(28)24-20(29)23-3/h5-13H,4H2,1-3H3,(H2,23,24,28,29)/t13-/m1/s1. The lowest BCUT2D eigenvalue weighted by molar-refractivity contribution is -0.119. The zero-order valence-electron chi connectivity index (χ0n) is 17.3. The number of benzene rings is 2. The van der Waals surface area contributed by atoms with Gasteiger partial charge in [0.25, 0.3) is 0 Å². The summed E-state index contributed by atoms with van der Waals surface area (Å²) in [5.74, 6) is 0.840. The second-order valence-electron chi connectivity index (χ2n) is 6.38. The molecule has 0 aliphatic rings. The minimum Gasteiger partial charge on any atom is -0.494 e. The van der Waals surface area contributed by atoms with Crippen LogP contribution in [-0.4, -0.2) is 45.6 Å². The Morgan fingerprint density at radius 1 is 1.16 bits per heavy atom. The van der Waals surface area contributed by atoms with Crippen LogP contribution in [0, 0.1) is 0 Å². The van der Waals surface area contributed by atoms with Crippen LogP contribution in [0.15, 0.2) is 53.7 Å². The van der Waals surface area contributed by atoms with Crippen molar-refractivity contribution in [2.45, 2.75) is 24.3 Å². The fraction of sp³-hybridized carbons (Fsp3) is 0.238. The van der Waals surface area contributed by atoms with Crippen LogP contribution in [-0.2, 0) is 4.79 Å². The first-order chi connectivity index (χ1) is 14.9. The molecule has 0 aliphatic heterocycles. The highest BCUT2D eigenvalue weighted by Crippen LogP contribution is 2.33. The Morgan fingerprint density at radius 3 is 2.52 bits per heavy atom. The van der Waals surface area contributed by atoms with E-state index in [1.54, 1.807) is 13.0 Å². The van der Waals surface area contributed by atoms with Crippen LogP contribution in [0.3, 0.4) is 0 Å². The number of thioether (sulfide) groups is 1. The molecule has 3 rings (SSSR count). The number of nitrogens with one attached hydrogen (secondary N) is 2. The first-order valence-electron chi connectivity index (χ1n) is 9.57. The molecule has 1 atom stereocenters. The van der Waals surface area contributed by atoms with Crippen molar-refractivity contribution in [1.82, 2.24) is 25.4 Å². The number of hydrogen-bond donors (Lipinski definition) is 2. The summed E-state index contributed by atoms with van der Waals surface area (Å²) in [6, 6.07) is 14.2. The summed E-state index contributed by atoms with van der Waals surface area (Å²) in [5, 5.41) is 13.7. The average Bonchev–Trinajstić information content (AvgIpc) is 3.17. The van der Waals surface area contributed by atoms with E-state index in [9.17, 15) is 9.59 Å². The lowest BCUT2D eigenvalue weighted by Crippen LogP contribution is -2.41. The van der Waals surface area contributed by atoms with Crippen molar-refractivity contribution in [1.29, 1.82) is 0 Å². The molecular formula is C21H22ClN5O3S.